The monoisotopic (exact) mass is 296 g/mol. The first-order valence-corrected chi connectivity index (χ1v) is 6.50. The first-order valence-electron chi connectivity index (χ1n) is 6.12. The predicted molar refractivity (Wildman–Crippen MR) is 81.6 cm³/mol. The Kier molecular flexibility index (Phi) is 4.65. The lowest BCUT2D eigenvalue weighted by Gasteiger charge is -2.29. The van der Waals surface area contributed by atoms with Gasteiger partial charge in [-0.3, -0.25) is 0 Å². The molecule has 8 heteroatoms. The first-order chi connectivity index (χ1) is 9.56. The maximum atomic E-state index is 6.01. The normalized spacial score (nSPS) is 16.1. The maximum Gasteiger partial charge on any atom is 0.223 e. The number of anilines is 1. The van der Waals surface area contributed by atoms with Gasteiger partial charge in [0, 0.05) is 18.1 Å². The van der Waals surface area contributed by atoms with Gasteiger partial charge in [-0.05, 0) is 18.2 Å². The summed E-state index contributed by atoms with van der Waals surface area (Å²) in [5.41, 5.74) is 17.8. The summed E-state index contributed by atoms with van der Waals surface area (Å²) in [6.45, 7) is 2.92. The van der Waals surface area contributed by atoms with Crippen molar-refractivity contribution in [2.45, 2.75) is 0 Å². The number of hydrogen-bond donors (Lipinski definition) is 3. The highest BCUT2D eigenvalue weighted by atomic mass is 35.5. The zero-order chi connectivity index (χ0) is 14.5. The van der Waals surface area contributed by atoms with Crippen LogP contribution < -0.4 is 22.1 Å². The molecule has 1 heterocycles. The van der Waals surface area contributed by atoms with Gasteiger partial charge in [-0.25, -0.2) is 4.99 Å². The molecule has 1 aliphatic heterocycles. The average molecular weight is 297 g/mol. The van der Waals surface area contributed by atoms with Gasteiger partial charge < -0.3 is 26.8 Å². The molecule has 0 bridgehead atoms. The van der Waals surface area contributed by atoms with Gasteiger partial charge in [0.15, 0.2) is 5.96 Å². The molecule has 0 unspecified atom stereocenters. The van der Waals surface area contributed by atoms with Crippen LogP contribution >= 0.6 is 11.6 Å². The number of hydrogen-bond acceptors (Lipinski definition) is 3. The van der Waals surface area contributed by atoms with Crippen LogP contribution in [-0.4, -0.2) is 38.2 Å². The Balaban J connectivity index is 2.35. The number of guanidine groups is 2. The number of benzene rings is 1. The molecule has 0 amide bonds. The summed E-state index contributed by atoms with van der Waals surface area (Å²) in [4.78, 5) is 10.1. The lowest BCUT2D eigenvalue weighted by Crippen LogP contribution is -2.36. The van der Waals surface area contributed by atoms with Gasteiger partial charge >= 0.3 is 0 Å². The zero-order valence-corrected chi connectivity index (χ0v) is 11.7. The summed E-state index contributed by atoms with van der Waals surface area (Å²) in [7, 11) is 0. The third-order valence-corrected chi connectivity index (χ3v) is 3.00. The molecule has 20 heavy (non-hydrogen) atoms. The van der Waals surface area contributed by atoms with E-state index in [9.17, 15) is 0 Å². The Labute approximate surface area is 122 Å². The molecular formula is C12H17ClN6O. The topological polar surface area (TPSA) is 115 Å². The van der Waals surface area contributed by atoms with Gasteiger partial charge in [-0.1, -0.05) is 11.6 Å². The molecule has 1 aromatic carbocycles. The van der Waals surface area contributed by atoms with Crippen LogP contribution in [-0.2, 0) is 4.74 Å². The largest absolute Gasteiger partial charge is 0.378 e. The number of halogens is 1. The molecule has 0 aliphatic carbocycles. The van der Waals surface area contributed by atoms with Crippen LogP contribution in [0.3, 0.4) is 0 Å². The molecular weight excluding hydrogens is 280 g/mol. The van der Waals surface area contributed by atoms with E-state index in [0.29, 0.717) is 23.9 Å². The van der Waals surface area contributed by atoms with Gasteiger partial charge in [0.2, 0.25) is 5.96 Å². The summed E-state index contributed by atoms with van der Waals surface area (Å²) >= 11 is 6.01. The van der Waals surface area contributed by atoms with Crippen molar-refractivity contribution in [3.05, 3.63) is 23.2 Å². The predicted octanol–water partition coefficient (Wildman–Crippen LogP) is 0.396. The van der Waals surface area contributed by atoms with E-state index >= 15 is 0 Å². The SMILES string of the molecule is NC(N)=NC(N)=Nc1cc(Cl)ccc1N1CCOCC1. The number of nitrogens with two attached hydrogens (primary N) is 3. The van der Waals surface area contributed by atoms with Crippen molar-refractivity contribution in [1.82, 2.24) is 0 Å². The summed E-state index contributed by atoms with van der Waals surface area (Å²) in [5, 5.41) is 0.568. The summed E-state index contributed by atoms with van der Waals surface area (Å²) < 4.78 is 5.34. The molecule has 6 N–H and O–H groups in total. The lowest BCUT2D eigenvalue weighted by molar-refractivity contribution is 0.123. The number of aliphatic imine (C=N–C) groups is 2. The van der Waals surface area contributed by atoms with Crippen LogP contribution in [0.2, 0.25) is 5.02 Å². The fraction of sp³-hybridized carbons (Fsp3) is 0.333. The van der Waals surface area contributed by atoms with Crippen molar-refractivity contribution < 1.29 is 4.74 Å². The Morgan fingerprint density at radius 1 is 1.20 bits per heavy atom. The second-order valence-electron chi connectivity index (χ2n) is 4.24. The minimum atomic E-state index is -0.138. The number of morpholine rings is 1. The third kappa shape index (κ3) is 3.75. The highest BCUT2D eigenvalue weighted by molar-refractivity contribution is 6.31. The average Bonchev–Trinajstić information content (AvgIpc) is 2.39. The van der Waals surface area contributed by atoms with E-state index in [2.05, 4.69) is 14.9 Å². The second-order valence-corrected chi connectivity index (χ2v) is 4.68. The van der Waals surface area contributed by atoms with Crippen molar-refractivity contribution >= 4 is 34.9 Å². The van der Waals surface area contributed by atoms with E-state index in [-0.39, 0.29) is 11.9 Å². The molecule has 0 aromatic heterocycles. The Hall–Kier alpha value is -1.99. The molecule has 1 aliphatic rings. The van der Waals surface area contributed by atoms with E-state index in [0.717, 1.165) is 18.8 Å². The molecule has 1 aromatic rings. The third-order valence-electron chi connectivity index (χ3n) is 2.77. The van der Waals surface area contributed by atoms with Gasteiger partial charge in [-0.2, -0.15) is 4.99 Å². The van der Waals surface area contributed by atoms with Crippen molar-refractivity contribution in [2.24, 2.45) is 27.2 Å². The summed E-state index contributed by atoms with van der Waals surface area (Å²) in [6.07, 6.45) is 0. The van der Waals surface area contributed by atoms with Crippen LogP contribution in [0.5, 0.6) is 0 Å². The molecule has 1 saturated heterocycles. The van der Waals surface area contributed by atoms with Crippen molar-refractivity contribution in [2.75, 3.05) is 31.2 Å². The van der Waals surface area contributed by atoms with E-state index in [1.165, 1.54) is 0 Å². The minimum absolute atomic E-state index is 0.0122. The van der Waals surface area contributed by atoms with E-state index < -0.39 is 0 Å². The highest BCUT2D eigenvalue weighted by Gasteiger charge is 2.15. The molecule has 0 saturated carbocycles. The second kappa shape index (κ2) is 6.44. The Morgan fingerprint density at radius 3 is 2.55 bits per heavy atom. The van der Waals surface area contributed by atoms with Crippen LogP contribution in [0, 0.1) is 0 Å². The van der Waals surface area contributed by atoms with Crippen molar-refractivity contribution in [1.29, 1.82) is 0 Å². The quantitative estimate of drug-likeness (QED) is 0.539. The van der Waals surface area contributed by atoms with Gasteiger partial charge in [0.25, 0.3) is 0 Å². The van der Waals surface area contributed by atoms with E-state index in [4.69, 9.17) is 33.5 Å². The van der Waals surface area contributed by atoms with Crippen LogP contribution in [0.4, 0.5) is 11.4 Å². The molecule has 0 spiro atoms. The van der Waals surface area contributed by atoms with Crippen LogP contribution in [0.15, 0.2) is 28.2 Å². The summed E-state index contributed by atoms with van der Waals surface area (Å²) in [6, 6.07) is 5.43. The van der Waals surface area contributed by atoms with E-state index in [1.807, 2.05) is 12.1 Å². The van der Waals surface area contributed by atoms with Crippen LogP contribution in [0.25, 0.3) is 0 Å². The number of rotatable bonds is 2. The molecule has 2 rings (SSSR count). The van der Waals surface area contributed by atoms with Crippen LogP contribution in [0.1, 0.15) is 0 Å². The van der Waals surface area contributed by atoms with Crippen molar-refractivity contribution in [3.63, 3.8) is 0 Å². The van der Waals surface area contributed by atoms with Gasteiger partial charge in [0.05, 0.1) is 24.6 Å². The summed E-state index contributed by atoms with van der Waals surface area (Å²) in [5.74, 6) is -0.150. The van der Waals surface area contributed by atoms with Crippen molar-refractivity contribution in [3.8, 4) is 0 Å². The molecule has 0 atom stereocenters. The molecule has 7 nitrogen and oxygen atoms in total. The minimum Gasteiger partial charge on any atom is -0.378 e. The van der Waals surface area contributed by atoms with Gasteiger partial charge in [-0.15, -0.1) is 0 Å². The first kappa shape index (κ1) is 14.4. The fourth-order valence-electron chi connectivity index (χ4n) is 1.94. The fourth-order valence-corrected chi connectivity index (χ4v) is 2.10. The standard InChI is InChI=1S/C12H17ClN6O/c13-8-1-2-10(19-3-5-20-6-4-19)9(7-8)17-12(16)18-11(14)15/h1-2,7H,3-6H2,(H6,14,15,16,17,18). The number of nitrogens with zero attached hydrogens (tertiary/aromatic N) is 3. The maximum absolute atomic E-state index is 6.01. The molecule has 108 valence electrons. The smallest absolute Gasteiger partial charge is 0.223 e. The highest BCUT2D eigenvalue weighted by Crippen LogP contribution is 2.32. The Morgan fingerprint density at radius 2 is 1.90 bits per heavy atom. The van der Waals surface area contributed by atoms with E-state index in [1.54, 1.807) is 6.07 Å². The lowest BCUT2D eigenvalue weighted by atomic mass is 10.2. The number of ether oxygens (including phenoxy) is 1. The Bertz CT molecular complexity index is 535. The zero-order valence-electron chi connectivity index (χ0n) is 10.9. The molecule has 0 radical (unpaired) electrons. The molecule has 1 fully saturated rings. The van der Waals surface area contributed by atoms with Gasteiger partial charge in [0.1, 0.15) is 0 Å².